The third-order valence-corrected chi connectivity index (χ3v) is 5.05. The number of ketones is 1. The fourth-order valence-electron chi connectivity index (χ4n) is 3.14. The molecule has 20 heavy (non-hydrogen) atoms. The summed E-state index contributed by atoms with van der Waals surface area (Å²) in [5.41, 5.74) is 3.53. The van der Waals surface area contributed by atoms with Crippen molar-refractivity contribution < 1.29 is 4.79 Å². The number of benzene rings is 1. The number of allylic oxidation sites excluding steroid dienone is 1. The van der Waals surface area contributed by atoms with Gasteiger partial charge in [-0.05, 0) is 49.7 Å². The summed E-state index contributed by atoms with van der Waals surface area (Å²) in [6.07, 6.45) is 7.21. The molecule has 1 fully saturated rings. The first-order valence-corrected chi connectivity index (χ1v) is 8.81. The first-order chi connectivity index (χ1) is 9.63. The second kappa shape index (κ2) is 7.12. The molecule has 1 aliphatic rings. The minimum Gasteiger partial charge on any atom is -0.295 e. The van der Waals surface area contributed by atoms with Crippen molar-refractivity contribution in [2.45, 2.75) is 38.5 Å². The molecule has 108 valence electrons. The molecule has 1 saturated carbocycles. The van der Waals surface area contributed by atoms with Gasteiger partial charge in [0, 0.05) is 11.5 Å². The highest BCUT2D eigenvalue weighted by atomic mass is 32.2. The fourth-order valence-corrected chi connectivity index (χ4v) is 3.66. The van der Waals surface area contributed by atoms with E-state index in [-0.39, 0.29) is 5.78 Å². The van der Waals surface area contributed by atoms with E-state index in [0.29, 0.717) is 11.8 Å². The van der Waals surface area contributed by atoms with Crippen molar-refractivity contribution in [1.82, 2.24) is 0 Å². The molecule has 2 heteroatoms. The lowest BCUT2D eigenvalue weighted by Crippen LogP contribution is -2.18. The highest BCUT2D eigenvalue weighted by Gasteiger charge is 2.26. The average molecular weight is 288 g/mol. The van der Waals surface area contributed by atoms with E-state index in [1.807, 2.05) is 23.9 Å². The van der Waals surface area contributed by atoms with E-state index >= 15 is 0 Å². The molecule has 0 radical (unpaired) electrons. The second-order valence-corrected chi connectivity index (χ2v) is 6.70. The molecule has 1 aromatic carbocycles. The summed E-state index contributed by atoms with van der Waals surface area (Å²) in [4.78, 5) is 11.3. The van der Waals surface area contributed by atoms with Gasteiger partial charge in [0.05, 0.1) is 0 Å². The minimum absolute atomic E-state index is 0.136. The Morgan fingerprint density at radius 1 is 1.30 bits per heavy atom. The molecule has 0 amide bonds. The maximum atomic E-state index is 11.3. The Bertz CT molecular complexity index is 475. The minimum atomic E-state index is 0.136. The molecule has 2 atom stereocenters. The lowest BCUT2D eigenvalue weighted by Gasteiger charge is -2.32. The van der Waals surface area contributed by atoms with Gasteiger partial charge in [0.2, 0.25) is 0 Å². The molecule has 1 aliphatic carbocycles. The van der Waals surface area contributed by atoms with Crippen LogP contribution in [0.15, 0.2) is 36.4 Å². The number of hydrogen-bond donors (Lipinski definition) is 0. The highest BCUT2D eigenvalue weighted by Crippen LogP contribution is 2.41. The summed E-state index contributed by atoms with van der Waals surface area (Å²) < 4.78 is 0. The molecule has 0 aromatic heterocycles. The molecule has 0 bridgehead atoms. The second-order valence-electron chi connectivity index (χ2n) is 5.71. The molecular weight excluding hydrogens is 264 g/mol. The maximum absolute atomic E-state index is 11.3. The van der Waals surface area contributed by atoms with Gasteiger partial charge < -0.3 is 0 Å². The van der Waals surface area contributed by atoms with Crippen LogP contribution in [0.3, 0.4) is 0 Å². The van der Waals surface area contributed by atoms with Gasteiger partial charge in [-0.2, -0.15) is 11.8 Å². The van der Waals surface area contributed by atoms with Crippen LogP contribution in [0.1, 0.15) is 54.4 Å². The first kappa shape index (κ1) is 15.4. The highest BCUT2D eigenvalue weighted by molar-refractivity contribution is 7.98. The zero-order valence-corrected chi connectivity index (χ0v) is 13.3. The van der Waals surface area contributed by atoms with Crippen molar-refractivity contribution >= 4 is 17.5 Å². The summed E-state index contributed by atoms with van der Waals surface area (Å²) in [5, 5.41) is 0. The molecule has 1 aromatic rings. The van der Waals surface area contributed by atoms with Crippen molar-refractivity contribution in [3.05, 3.63) is 47.5 Å². The molecule has 2 rings (SSSR count). The fraction of sp³-hybridized carbons (Fsp3) is 0.500. The van der Waals surface area contributed by atoms with Gasteiger partial charge in [0.15, 0.2) is 5.78 Å². The van der Waals surface area contributed by atoms with E-state index in [9.17, 15) is 4.79 Å². The number of thioether (sulfide) groups is 1. The summed E-state index contributed by atoms with van der Waals surface area (Å²) in [5.74, 6) is 2.52. The third-order valence-electron chi connectivity index (χ3n) is 4.41. The molecule has 2 unspecified atom stereocenters. The number of carbonyl (C=O) groups is 1. The maximum Gasteiger partial charge on any atom is 0.159 e. The quantitative estimate of drug-likeness (QED) is 0.555. The zero-order chi connectivity index (χ0) is 14.5. The van der Waals surface area contributed by atoms with Crippen molar-refractivity contribution in [3.8, 4) is 0 Å². The monoisotopic (exact) mass is 288 g/mol. The van der Waals surface area contributed by atoms with Crippen molar-refractivity contribution in [3.63, 3.8) is 0 Å². The van der Waals surface area contributed by atoms with Gasteiger partial charge in [-0.3, -0.25) is 4.79 Å². The lowest BCUT2D eigenvalue weighted by atomic mass is 9.73. The molecule has 1 nitrogen and oxygen atoms in total. The molecular formula is C18H24OS. The van der Waals surface area contributed by atoms with Crippen LogP contribution >= 0.6 is 11.8 Å². The van der Waals surface area contributed by atoms with E-state index in [2.05, 4.69) is 25.0 Å². The van der Waals surface area contributed by atoms with Crippen molar-refractivity contribution in [2.75, 3.05) is 12.0 Å². The van der Waals surface area contributed by atoms with Crippen LogP contribution in [0.2, 0.25) is 0 Å². The summed E-state index contributed by atoms with van der Waals surface area (Å²) in [7, 11) is 0. The van der Waals surface area contributed by atoms with E-state index in [1.54, 1.807) is 6.92 Å². The van der Waals surface area contributed by atoms with Crippen LogP contribution in [0.25, 0.3) is 0 Å². The van der Waals surface area contributed by atoms with E-state index in [1.165, 1.54) is 42.6 Å². The van der Waals surface area contributed by atoms with Gasteiger partial charge >= 0.3 is 0 Å². The average Bonchev–Trinajstić information content (AvgIpc) is 2.46. The SMILES string of the molecule is C=C1C(CCSC)CCCC1c1ccc(C(C)=O)cc1. The van der Waals surface area contributed by atoms with Crippen LogP contribution in [0, 0.1) is 5.92 Å². The van der Waals surface area contributed by atoms with Gasteiger partial charge in [-0.25, -0.2) is 0 Å². The van der Waals surface area contributed by atoms with Gasteiger partial charge in [0.25, 0.3) is 0 Å². The summed E-state index contributed by atoms with van der Waals surface area (Å²) in [6.45, 7) is 6.01. The van der Waals surface area contributed by atoms with Crippen LogP contribution in [0.4, 0.5) is 0 Å². The lowest BCUT2D eigenvalue weighted by molar-refractivity contribution is 0.101. The Morgan fingerprint density at radius 3 is 2.60 bits per heavy atom. The topological polar surface area (TPSA) is 17.1 Å². The standard InChI is InChI=1S/C18H24OS/c1-13-15(11-12-20-3)5-4-6-18(13)17-9-7-16(8-10-17)14(2)19/h7-10,15,18H,1,4-6,11-12H2,2-3H3. The van der Waals surface area contributed by atoms with Crippen LogP contribution < -0.4 is 0 Å². The van der Waals surface area contributed by atoms with Crippen LogP contribution in [-0.2, 0) is 0 Å². The Labute approximate surface area is 126 Å². The van der Waals surface area contributed by atoms with E-state index in [0.717, 1.165) is 5.56 Å². The van der Waals surface area contributed by atoms with Gasteiger partial charge in [0.1, 0.15) is 0 Å². The van der Waals surface area contributed by atoms with E-state index < -0.39 is 0 Å². The Morgan fingerprint density at radius 2 is 2.00 bits per heavy atom. The normalized spacial score (nSPS) is 22.8. The number of Topliss-reactive ketones (excluding diaryl/α,β-unsaturated/α-hetero) is 1. The predicted octanol–water partition coefficient (Wildman–Crippen LogP) is 5.08. The summed E-state index contributed by atoms with van der Waals surface area (Å²) in [6, 6.07) is 8.14. The zero-order valence-electron chi connectivity index (χ0n) is 12.5. The molecule has 0 spiro atoms. The van der Waals surface area contributed by atoms with Crippen molar-refractivity contribution in [1.29, 1.82) is 0 Å². The molecule has 0 heterocycles. The molecule has 0 N–H and O–H groups in total. The van der Waals surface area contributed by atoms with Crippen LogP contribution in [0.5, 0.6) is 0 Å². The molecule has 0 saturated heterocycles. The largest absolute Gasteiger partial charge is 0.295 e. The number of rotatable bonds is 5. The first-order valence-electron chi connectivity index (χ1n) is 7.42. The van der Waals surface area contributed by atoms with Gasteiger partial charge in [-0.15, -0.1) is 0 Å². The van der Waals surface area contributed by atoms with E-state index in [4.69, 9.17) is 0 Å². The Kier molecular flexibility index (Phi) is 5.47. The third kappa shape index (κ3) is 3.54. The predicted molar refractivity (Wildman–Crippen MR) is 88.7 cm³/mol. The number of hydrogen-bond acceptors (Lipinski definition) is 2. The number of carbonyl (C=O) groups excluding carboxylic acids is 1. The Balaban J connectivity index is 2.10. The van der Waals surface area contributed by atoms with Gasteiger partial charge in [-0.1, -0.05) is 42.8 Å². The van der Waals surface area contributed by atoms with Crippen LogP contribution in [-0.4, -0.2) is 17.8 Å². The summed E-state index contributed by atoms with van der Waals surface area (Å²) >= 11 is 1.92. The Hall–Kier alpha value is -1.02. The smallest absolute Gasteiger partial charge is 0.159 e. The van der Waals surface area contributed by atoms with Crippen molar-refractivity contribution in [2.24, 2.45) is 5.92 Å². The molecule has 0 aliphatic heterocycles.